The summed E-state index contributed by atoms with van der Waals surface area (Å²) in [5.41, 5.74) is 7.05. The molecule has 1 atom stereocenters. The Morgan fingerprint density at radius 3 is 2.80 bits per heavy atom. The van der Waals surface area contributed by atoms with E-state index in [1.807, 2.05) is 17.5 Å². The molecule has 0 spiro atoms. The van der Waals surface area contributed by atoms with Crippen molar-refractivity contribution in [1.82, 2.24) is 9.97 Å². The molecule has 5 heteroatoms. The third kappa shape index (κ3) is 2.58. The molecule has 2 aromatic heterocycles. The second-order valence-corrected chi connectivity index (χ2v) is 5.66. The van der Waals surface area contributed by atoms with Crippen LogP contribution in [0.2, 0.25) is 0 Å². The molecular formula is C15H16N4S. The van der Waals surface area contributed by atoms with Crippen molar-refractivity contribution in [3.63, 3.8) is 0 Å². The van der Waals surface area contributed by atoms with Crippen molar-refractivity contribution >= 4 is 33.3 Å². The molecule has 0 fully saturated rings. The zero-order valence-electron chi connectivity index (χ0n) is 11.2. The Hall–Kier alpha value is -2.14. The highest BCUT2D eigenvalue weighted by Gasteiger charge is 2.09. The molecule has 0 aliphatic heterocycles. The largest absolute Gasteiger partial charge is 0.369 e. The highest BCUT2D eigenvalue weighted by molar-refractivity contribution is 7.16. The van der Waals surface area contributed by atoms with E-state index in [9.17, 15) is 0 Å². The van der Waals surface area contributed by atoms with Crippen molar-refractivity contribution in [3.8, 4) is 0 Å². The number of thiophene rings is 1. The summed E-state index contributed by atoms with van der Waals surface area (Å²) in [5.74, 6) is 1.53. The number of hydrogen-bond acceptors (Lipinski definition) is 5. The number of nitrogen functional groups attached to an aromatic ring is 1. The lowest BCUT2D eigenvalue weighted by molar-refractivity contribution is 0.802. The van der Waals surface area contributed by atoms with Crippen LogP contribution < -0.4 is 11.1 Å². The third-order valence-electron chi connectivity index (χ3n) is 3.29. The normalized spacial score (nSPS) is 12.4. The maximum Gasteiger partial charge on any atom is 0.223 e. The topological polar surface area (TPSA) is 63.8 Å². The van der Waals surface area contributed by atoms with Crippen molar-refractivity contribution in [3.05, 3.63) is 47.3 Å². The first-order valence-electron chi connectivity index (χ1n) is 6.53. The maximum atomic E-state index is 5.75. The van der Waals surface area contributed by atoms with Crippen LogP contribution in [0.4, 0.5) is 11.8 Å². The average Bonchev–Trinajstić information content (AvgIpc) is 2.93. The molecule has 0 bridgehead atoms. The van der Waals surface area contributed by atoms with Gasteiger partial charge < -0.3 is 11.1 Å². The van der Waals surface area contributed by atoms with Crippen LogP contribution in [0.25, 0.3) is 10.2 Å². The van der Waals surface area contributed by atoms with Crippen LogP contribution in [0.1, 0.15) is 18.4 Å². The average molecular weight is 284 g/mol. The summed E-state index contributed by atoms with van der Waals surface area (Å²) in [7, 11) is 0. The van der Waals surface area contributed by atoms with Crippen LogP contribution in [-0.4, -0.2) is 16.5 Å². The molecule has 0 saturated heterocycles. The standard InChI is InChI=1S/C15H16N4S/c1-10(11-5-3-2-4-6-11)9-17-13-12-7-8-20-14(12)19-15(16)18-13/h2-8,10H,9H2,1H3,(H3,16,17,18,19). The molecule has 0 saturated carbocycles. The first kappa shape index (κ1) is 12.9. The molecule has 3 rings (SSSR count). The molecule has 4 nitrogen and oxygen atoms in total. The lowest BCUT2D eigenvalue weighted by Crippen LogP contribution is -2.12. The Balaban J connectivity index is 1.78. The van der Waals surface area contributed by atoms with E-state index in [-0.39, 0.29) is 0 Å². The quantitative estimate of drug-likeness (QED) is 0.769. The van der Waals surface area contributed by atoms with Gasteiger partial charge in [0.05, 0.1) is 5.39 Å². The fourth-order valence-electron chi connectivity index (χ4n) is 2.16. The minimum Gasteiger partial charge on any atom is -0.369 e. The number of aromatic nitrogens is 2. The van der Waals surface area contributed by atoms with Crippen molar-refractivity contribution in [1.29, 1.82) is 0 Å². The number of rotatable bonds is 4. The minimum absolute atomic E-state index is 0.315. The fourth-order valence-corrected chi connectivity index (χ4v) is 2.93. The van der Waals surface area contributed by atoms with Gasteiger partial charge in [-0.1, -0.05) is 37.3 Å². The van der Waals surface area contributed by atoms with Crippen LogP contribution >= 0.6 is 11.3 Å². The number of anilines is 2. The van der Waals surface area contributed by atoms with Crippen molar-refractivity contribution in [2.75, 3.05) is 17.6 Å². The third-order valence-corrected chi connectivity index (χ3v) is 4.09. The van der Waals surface area contributed by atoms with E-state index in [1.165, 1.54) is 5.56 Å². The molecule has 3 N–H and O–H groups in total. The van der Waals surface area contributed by atoms with Gasteiger partial charge in [0, 0.05) is 6.54 Å². The second-order valence-electron chi connectivity index (χ2n) is 4.76. The van der Waals surface area contributed by atoms with E-state index in [4.69, 9.17) is 5.73 Å². The number of nitrogens with one attached hydrogen (secondary N) is 1. The van der Waals surface area contributed by atoms with Crippen LogP contribution in [0, 0.1) is 0 Å². The van der Waals surface area contributed by atoms with Gasteiger partial charge in [-0.2, -0.15) is 4.98 Å². The maximum absolute atomic E-state index is 5.75. The molecule has 1 aromatic carbocycles. The first-order valence-corrected chi connectivity index (χ1v) is 7.41. The van der Waals surface area contributed by atoms with E-state index in [0.717, 1.165) is 22.6 Å². The molecule has 0 aliphatic rings. The first-order chi connectivity index (χ1) is 9.74. The Bertz CT molecular complexity index is 708. The van der Waals surface area contributed by atoms with E-state index in [0.29, 0.717) is 11.9 Å². The van der Waals surface area contributed by atoms with Crippen LogP contribution in [0.5, 0.6) is 0 Å². The summed E-state index contributed by atoms with van der Waals surface area (Å²) >= 11 is 1.58. The zero-order chi connectivity index (χ0) is 13.9. The number of hydrogen-bond donors (Lipinski definition) is 2. The monoisotopic (exact) mass is 284 g/mol. The van der Waals surface area contributed by atoms with Crippen molar-refractivity contribution in [2.24, 2.45) is 0 Å². The van der Waals surface area contributed by atoms with Gasteiger partial charge in [-0.05, 0) is 22.9 Å². The fraction of sp³-hybridized carbons (Fsp3) is 0.200. The Morgan fingerprint density at radius 2 is 2.00 bits per heavy atom. The van der Waals surface area contributed by atoms with Crippen LogP contribution in [-0.2, 0) is 0 Å². The predicted molar refractivity (Wildman–Crippen MR) is 85.2 cm³/mol. The molecule has 20 heavy (non-hydrogen) atoms. The summed E-state index contributed by atoms with van der Waals surface area (Å²) in [6.07, 6.45) is 0. The van der Waals surface area contributed by atoms with Crippen molar-refractivity contribution < 1.29 is 0 Å². The lowest BCUT2D eigenvalue weighted by atomic mass is 10.0. The number of nitrogens with two attached hydrogens (primary N) is 1. The number of nitrogens with zero attached hydrogens (tertiary/aromatic N) is 2. The molecule has 102 valence electrons. The Labute approximate surface area is 121 Å². The zero-order valence-corrected chi connectivity index (χ0v) is 12.0. The van der Waals surface area contributed by atoms with E-state index in [1.54, 1.807) is 11.3 Å². The number of benzene rings is 1. The molecule has 2 heterocycles. The molecular weight excluding hydrogens is 268 g/mol. The lowest BCUT2D eigenvalue weighted by Gasteiger charge is -2.14. The smallest absolute Gasteiger partial charge is 0.223 e. The van der Waals surface area contributed by atoms with E-state index < -0.39 is 0 Å². The summed E-state index contributed by atoms with van der Waals surface area (Å²) < 4.78 is 0. The summed E-state index contributed by atoms with van der Waals surface area (Å²) in [6, 6.07) is 12.5. The van der Waals surface area contributed by atoms with Crippen molar-refractivity contribution in [2.45, 2.75) is 12.8 Å². The Kier molecular flexibility index (Phi) is 3.52. The highest BCUT2D eigenvalue weighted by atomic mass is 32.1. The predicted octanol–water partition coefficient (Wildman–Crippen LogP) is 3.49. The van der Waals surface area contributed by atoms with Gasteiger partial charge >= 0.3 is 0 Å². The van der Waals surface area contributed by atoms with Gasteiger partial charge in [0.2, 0.25) is 5.95 Å². The van der Waals surface area contributed by atoms with Crippen LogP contribution in [0.15, 0.2) is 41.8 Å². The molecule has 0 radical (unpaired) electrons. The van der Waals surface area contributed by atoms with Gasteiger partial charge in [-0.3, -0.25) is 0 Å². The Morgan fingerprint density at radius 1 is 1.20 bits per heavy atom. The summed E-state index contributed by atoms with van der Waals surface area (Å²) in [5, 5.41) is 6.42. The van der Waals surface area contributed by atoms with Gasteiger partial charge in [-0.15, -0.1) is 11.3 Å². The molecule has 3 aromatic rings. The van der Waals surface area contributed by atoms with Gasteiger partial charge in [-0.25, -0.2) is 4.98 Å². The highest BCUT2D eigenvalue weighted by Crippen LogP contribution is 2.26. The van der Waals surface area contributed by atoms with Gasteiger partial charge in [0.25, 0.3) is 0 Å². The number of fused-ring (bicyclic) bond motifs is 1. The SMILES string of the molecule is CC(CNc1nc(N)nc2sccc12)c1ccccc1. The van der Waals surface area contributed by atoms with Gasteiger partial charge in [0.15, 0.2) is 0 Å². The second kappa shape index (κ2) is 5.46. The minimum atomic E-state index is 0.315. The van der Waals surface area contributed by atoms with E-state index in [2.05, 4.69) is 46.5 Å². The molecule has 0 amide bonds. The van der Waals surface area contributed by atoms with Gasteiger partial charge in [0.1, 0.15) is 10.6 Å². The summed E-state index contributed by atoms with van der Waals surface area (Å²) in [6.45, 7) is 3.00. The van der Waals surface area contributed by atoms with E-state index >= 15 is 0 Å². The van der Waals surface area contributed by atoms with Crippen LogP contribution in [0.3, 0.4) is 0 Å². The molecule has 1 unspecified atom stereocenters. The summed E-state index contributed by atoms with van der Waals surface area (Å²) in [4.78, 5) is 9.45. The molecule has 0 aliphatic carbocycles.